The molecule has 0 aromatic heterocycles. The summed E-state index contributed by atoms with van der Waals surface area (Å²) >= 11 is 0. The van der Waals surface area contributed by atoms with Gasteiger partial charge in [-0.2, -0.15) is 0 Å². The minimum Gasteiger partial charge on any atom is -0.481 e. The van der Waals surface area contributed by atoms with Crippen LogP contribution in [-0.2, 0) is 9.59 Å². The van der Waals surface area contributed by atoms with E-state index >= 15 is 0 Å². The molecule has 0 radical (unpaired) electrons. The molecule has 20 heavy (non-hydrogen) atoms. The number of rotatable bonds is 2. The molecule has 0 aromatic rings. The second-order valence-electron chi connectivity index (χ2n) is 5.79. The average molecular weight is 286 g/mol. The Bertz CT molecular complexity index is 303. The van der Waals surface area contributed by atoms with Crippen LogP contribution in [0.3, 0.4) is 0 Å². The molecule has 2 aliphatic carbocycles. The molecule has 2 saturated carbocycles. The maximum Gasteiger partial charge on any atom is 0.308 e. The molecule has 0 aliphatic heterocycles. The predicted octanol–water partition coefficient (Wildman–Crippen LogP) is 1.18. The summed E-state index contributed by atoms with van der Waals surface area (Å²) in [5, 5.41) is 17.3. The van der Waals surface area contributed by atoms with Crippen molar-refractivity contribution in [3.05, 3.63) is 0 Å². The van der Waals surface area contributed by atoms with Gasteiger partial charge < -0.3 is 21.7 Å². The van der Waals surface area contributed by atoms with Gasteiger partial charge in [-0.1, -0.05) is 25.7 Å². The molecule has 0 amide bonds. The summed E-state index contributed by atoms with van der Waals surface area (Å²) in [5.74, 6) is -2.03. The van der Waals surface area contributed by atoms with Crippen molar-refractivity contribution in [1.29, 1.82) is 0 Å². The molecule has 116 valence electrons. The quantitative estimate of drug-likeness (QED) is 0.603. The van der Waals surface area contributed by atoms with Crippen LogP contribution in [0.5, 0.6) is 0 Å². The van der Waals surface area contributed by atoms with E-state index < -0.39 is 11.9 Å². The molecular weight excluding hydrogens is 260 g/mol. The average Bonchev–Trinajstić information content (AvgIpc) is 2.40. The lowest BCUT2D eigenvalue weighted by atomic mass is 9.85. The first kappa shape index (κ1) is 16.9. The topological polar surface area (TPSA) is 127 Å². The van der Waals surface area contributed by atoms with E-state index in [-0.39, 0.29) is 23.9 Å². The van der Waals surface area contributed by atoms with Crippen molar-refractivity contribution < 1.29 is 19.8 Å². The van der Waals surface area contributed by atoms with Gasteiger partial charge in [-0.05, 0) is 25.7 Å². The van der Waals surface area contributed by atoms with Crippen molar-refractivity contribution in [1.82, 2.24) is 0 Å². The third-order valence-corrected chi connectivity index (χ3v) is 4.27. The summed E-state index contributed by atoms with van der Waals surface area (Å²) in [6, 6.07) is -0.211. The van der Waals surface area contributed by atoms with Gasteiger partial charge in [0, 0.05) is 12.1 Å². The van der Waals surface area contributed by atoms with Crippen molar-refractivity contribution >= 4 is 11.9 Å². The van der Waals surface area contributed by atoms with Crippen LogP contribution in [0, 0.1) is 11.8 Å². The fraction of sp³-hybridized carbons (Fsp3) is 0.857. The molecule has 0 heterocycles. The minimum absolute atomic E-state index is 0.105. The number of hydrogen-bond acceptors (Lipinski definition) is 4. The van der Waals surface area contributed by atoms with Gasteiger partial charge in [0.05, 0.1) is 11.8 Å². The fourth-order valence-electron chi connectivity index (χ4n) is 2.93. The Hall–Kier alpha value is -1.14. The molecule has 0 aromatic carbocycles. The van der Waals surface area contributed by atoms with Gasteiger partial charge in [-0.25, -0.2) is 0 Å². The molecule has 0 saturated heterocycles. The first-order valence-electron chi connectivity index (χ1n) is 7.40. The number of carboxylic acids is 2. The van der Waals surface area contributed by atoms with Crippen molar-refractivity contribution in [3.8, 4) is 0 Å². The summed E-state index contributed by atoms with van der Waals surface area (Å²) in [6.45, 7) is 0. The van der Waals surface area contributed by atoms with E-state index in [1.807, 2.05) is 0 Å². The Morgan fingerprint density at radius 1 is 0.700 bits per heavy atom. The molecule has 2 fully saturated rings. The van der Waals surface area contributed by atoms with Crippen LogP contribution in [0.15, 0.2) is 0 Å². The number of carboxylic acid groups (broad SMARTS) is 2. The summed E-state index contributed by atoms with van der Waals surface area (Å²) in [4.78, 5) is 21.0. The zero-order chi connectivity index (χ0) is 15.1. The zero-order valence-corrected chi connectivity index (χ0v) is 11.8. The monoisotopic (exact) mass is 286 g/mol. The SMILES string of the molecule is N[C@@H]1CCCC[C@@H]1C(=O)O.N[C@H]1CCCC[C@H]1C(=O)O. The van der Waals surface area contributed by atoms with Gasteiger partial charge in [0.2, 0.25) is 0 Å². The Morgan fingerprint density at radius 2 is 1.00 bits per heavy atom. The van der Waals surface area contributed by atoms with Crippen molar-refractivity contribution in [2.45, 2.75) is 63.5 Å². The van der Waals surface area contributed by atoms with E-state index in [1.165, 1.54) is 0 Å². The lowest BCUT2D eigenvalue weighted by molar-refractivity contribution is -0.144. The number of hydrogen-bond donors (Lipinski definition) is 4. The van der Waals surface area contributed by atoms with Crippen molar-refractivity contribution in [2.75, 3.05) is 0 Å². The van der Waals surface area contributed by atoms with Gasteiger partial charge in [-0.3, -0.25) is 9.59 Å². The van der Waals surface area contributed by atoms with Crippen LogP contribution in [0.1, 0.15) is 51.4 Å². The van der Waals surface area contributed by atoms with Gasteiger partial charge >= 0.3 is 11.9 Å². The molecule has 4 atom stereocenters. The van der Waals surface area contributed by atoms with Crippen LogP contribution in [0.4, 0.5) is 0 Å². The molecule has 2 aliphatic rings. The van der Waals surface area contributed by atoms with Crippen molar-refractivity contribution in [3.63, 3.8) is 0 Å². The lowest BCUT2D eigenvalue weighted by Crippen LogP contribution is -2.37. The maximum absolute atomic E-state index is 10.5. The van der Waals surface area contributed by atoms with E-state index in [1.54, 1.807) is 0 Å². The summed E-state index contributed by atoms with van der Waals surface area (Å²) in [7, 11) is 0. The van der Waals surface area contributed by atoms with Crippen LogP contribution in [0.2, 0.25) is 0 Å². The minimum atomic E-state index is -0.729. The normalized spacial score (nSPS) is 33.7. The molecule has 0 bridgehead atoms. The van der Waals surface area contributed by atoms with Crippen LogP contribution >= 0.6 is 0 Å². The summed E-state index contributed by atoms with van der Waals surface area (Å²) in [5.41, 5.74) is 11.2. The second-order valence-corrected chi connectivity index (χ2v) is 5.79. The van der Waals surface area contributed by atoms with E-state index in [2.05, 4.69) is 0 Å². The van der Waals surface area contributed by atoms with Gasteiger partial charge in [0.25, 0.3) is 0 Å². The highest BCUT2D eigenvalue weighted by atomic mass is 16.4. The highest BCUT2D eigenvalue weighted by Gasteiger charge is 2.28. The van der Waals surface area contributed by atoms with Crippen molar-refractivity contribution in [2.24, 2.45) is 23.3 Å². The highest BCUT2D eigenvalue weighted by molar-refractivity contribution is 5.71. The third-order valence-electron chi connectivity index (χ3n) is 4.27. The number of aliphatic carboxylic acids is 2. The van der Waals surface area contributed by atoms with Crippen LogP contribution in [-0.4, -0.2) is 34.2 Å². The first-order valence-corrected chi connectivity index (χ1v) is 7.40. The molecular formula is C14H26N2O4. The maximum atomic E-state index is 10.5. The molecule has 6 N–H and O–H groups in total. The first-order chi connectivity index (χ1) is 9.43. The van der Waals surface area contributed by atoms with Crippen LogP contribution < -0.4 is 11.5 Å². The molecule has 6 nitrogen and oxygen atoms in total. The molecule has 6 heteroatoms. The highest BCUT2D eigenvalue weighted by Crippen LogP contribution is 2.23. The zero-order valence-electron chi connectivity index (χ0n) is 11.8. The Balaban J connectivity index is 0.000000200. The Kier molecular flexibility index (Phi) is 6.95. The second kappa shape index (κ2) is 8.21. The van der Waals surface area contributed by atoms with E-state index in [4.69, 9.17) is 21.7 Å². The van der Waals surface area contributed by atoms with Crippen LogP contribution in [0.25, 0.3) is 0 Å². The molecule has 2 rings (SSSR count). The predicted molar refractivity (Wildman–Crippen MR) is 75.1 cm³/mol. The summed E-state index contributed by atoms with van der Waals surface area (Å²) < 4.78 is 0. The van der Waals surface area contributed by atoms with E-state index in [9.17, 15) is 9.59 Å². The third kappa shape index (κ3) is 5.09. The van der Waals surface area contributed by atoms with Gasteiger partial charge in [0.1, 0.15) is 0 Å². The van der Waals surface area contributed by atoms with Gasteiger partial charge in [0.15, 0.2) is 0 Å². The van der Waals surface area contributed by atoms with Gasteiger partial charge in [-0.15, -0.1) is 0 Å². The standard InChI is InChI=1S/2C7H13NO2/c2*8-6-4-2-1-3-5(6)7(9)10/h2*5-6H,1-4,8H2,(H,9,10)/t2*5-,6+/m10/s1. The molecule has 0 spiro atoms. The fourth-order valence-corrected chi connectivity index (χ4v) is 2.93. The smallest absolute Gasteiger partial charge is 0.308 e. The van der Waals surface area contributed by atoms with E-state index in [0.717, 1.165) is 51.4 Å². The lowest BCUT2D eigenvalue weighted by Gasteiger charge is -2.24. The Morgan fingerprint density at radius 3 is 1.20 bits per heavy atom. The molecule has 0 unspecified atom stereocenters. The van der Waals surface area contributed by atoms with E-state index in [0.29, 0.717) is 0 Å². The Labute approximate surface area is 119 Å². The number of nitrogens with two attached hydrogens (primary N) is 2. The number of carbonyl (C=O) groups is 2. The largest absolute Gasteiger partial charge is 0.481 e. The summed E-state index contributed by atoms with van der Waals surface area (Å²) in [6.07, 6.45) is 7.48.